The van der Waals surface area contributed by atoms with E-state index in [9.17, 15) is 32.7 Å². The van der Waals surface area contributed by atoms with Crippen molar-refractivity contribution in [3.63, 3.8) is 0 Å². The second kappa shape index (κ2) is 8.76. The summed E-state index contributed by atoms with van der Waals surface area (Å²) in [5.74, 6) is -3.39. The highest BCUT2D eigenvalue weighted by Crippen LogP contribution is 2.40. The Morgan fingerprint density at radius 3 is 2.46 bits per heavy atom. The molecule has 188 valence electrons. The van der Waals surface area contributed by atoms with E-state index in [1.54, 1.807) is 13.8 Å². The van der Waals surface area contributed by atoms with Gasteiger partial charge in [-0.25, -0.2) is 14.2 Å². The van der Waals surface area contributed by atoms with Gasteiger partial charge in [0.25, 0.3) is 11.5 Å². The first kappa shape index (κ1) is 24.3. The third-order valence-corrected chi connectivity index (χ3v) is 5.61. The molecule has 0 bridgehead atoms. The lowest BCUT2D eigenvalue weighted by Crippen LogP contribution is -2.38. The zero-order valence-electron chi connectivity index (χ0n) is 18.7. The second-order valence-electron chi connectivity index (χ2n) is 8.25. The SMILES string of the molecule is CC(C)n1c(=O)c(C(=O)NCC(=O)O)c(O)c2nc3cc(C(F)(F)F)c(N4CCOCC4)cc3n21. The Bertz CT molecular complexity index is 1390. The van der Waals surface area contributed by atoms with E-state index in [2.05, 4.69) is 4.98 Å². The van der Waals surface area contributed by atoms with Gasteiger partial charge in [0.05, 0.1) is 35.5 Å². The molecule has 3 aromatic rings. The van der Waals surface area contributed by atoms with E-state index in [0.29, 0.717) is 0 Å². The molecule has 3 N–H and O–H groups in total. The molecular formula is C21H22F3N5O6. The quantitative estimate of drug-likeness (QED) is 0.483. The van der Waals surface area contributed by atoms with Gasteiger partial charge in [0.15, 0.2) is 17.0 Å². The van der Waals surface area contributed by atoms with Crippen LogP contribution < -0.4 is 15.8 Å². The number of aliphatic carboxylic acids is 1. The minimum absolute atomic E-state index is 0.119. The summed E-state index contributed by atoms with van der Waals surface area (Å²) in [6.45, 7) is 3.34. The number of fused-ring (bicyclic) bond motifs is 3. The van der Waals surface area contributed by atoms with Gasteiger partial charge in [-0.1, -0.05) is 0 Å². The number of aromatic hydroxyl groups is 1. The molecule has 1 fully saturated rings. The Balaban J connectivity index is 2.05. The van der Waals surface area contributed by atoms with Crippen molar-refractivity contribution in [1.29, 1.82) is 0 Å². The van der Waals surface area contributed by atoms with Crippen LogP contribution in [0.3, 0.4) is 0 Å². The smallest absolute Gasteiger partial charge is 0.418 e. The summed E-state index contributed by atoms with van der Waals surface area (Å²) in [6, 6.07) is 1.49. The molecule has 1 aliphatic heterocycles. The Hall–Kier alpha value is -3.81. The van der Waals surface area contributed by atoms with Crippen LogP contribution in [0, 0.1) is 0 Å². The number of rotatable bonds is 5. The molecule has 0 unspecified atom stereocenters. The monoisotopic (exact) mass is 497 g/mol. The van der Waals surface area contributed by atoms with Crippen molar-refractivity contribution in [1.82, 2.24) is 19.5 Å². The van der Waals surface area contributed by atoms with Gasteiger partial charge in [-0.3, -0.25) is 14.4 Å². The fraction of sp³-hybridized carbons (Fsp3) is 0.429. The molecule has 0 atom stereocenters. The first-order valence-electron chi connectivity index (χ1n) is 10.7. The number of morpholine rings is 1. The Kier molecular flexibility index (Phi) is 6.09. The average Bonchev–Trinajstić information content (AvgIpc) is 3.15. The summed E-state index contributed by atoms with van der Waals surface area (Å²) in [7, 11) is 0. The number of nitrogens with zero attached hydrogens (tertiary/aromatic N) is 4. The van der Waals surface area contributed by atoms with E-state index in [4.69, 9.17) is 9.84 Å². The van der Waals surface area contributed by atoms with Crippen LogP contribution in [-0.4, -0.2) is 69.1 Å². The maximum atomic E-state index is 14.0. The van der Waals surface area contributed by atoms with E-state index < -0.39 is 53.1 Å². The van der Waals surface area contributed by atoms with Crippen molar-refractivity contribution in [2.45, 2.75) is 26.1 Å². The fourth-order valence-electron chi connectivity index (χ4n) is 4.10. The van der Waals surface area contributed by atoms with Crippen molar-refractivity contribution < 1.29 is 37.7 Å². The predicted octanol–water partition coefficient (Wildman–Crippen LogP) is 1.61. The van der Waals surface area contributed by atoms with E-state index in [-0.39, 0.29) is 48.7 Å². The maximum absolute atomic E-state index is 14.0. The van der Waals surface area contributed by atoms with Crippen LogP contribution in [0.25, 0.3) is 16.7 Å². The van der Waals surface area contributed by atoms with Crippen molar-refractivity contribution in [2.75, 3.05) is 37.7 Å². The zero-order chi connectivity index (χ0) is 25.7. The summed E-state index contributed by atoms with van der Waals surface area (Å²) >= 11 is 0. The molecule has 0 saturated carbocycles. The highest BCUT2D eigenvalue weighted by atomic mass is 19.4. The number of benzene rings is 1. The largest absolute Gasteiger partial charge is 0.504 e. The van der Waals surface area contributed by atoms with Gasteiger partial charge < -0.3 is 25.2 Å². The number of carbonyl (C=O) groups excluding carboxylic acids is 1. The normalized spacial score (nSPS) is 14.7. The van der Waals surface area contributed by atoms with E-state index in [0.717, 1.165) is 10.7 Å². The van der Waals surface area contributed by atoms with Crippen molar-refractivity contribution in [3.05, 3.63) is 33.6 Å². The summed E-state index contributed by atoms with van der Waals surface area (Å²) < 4.78 is 49.4. The minimum Gasteiger partial charge on any atom is -0.504 e. The number of halogens is 3. The molecule has 2 aromatic heterocycles. The van der Waals surface area contributed by atoms with E-state index in [1.165, 1.54) is 15.5 Å². The number of hydrogen-bond acceptors (Lipinski definition) is 7. The van der Waals surface area contributed by atoms with Gasteiger partial charge in [0.2, 0.25) is 0 Å². The number of aromatic nitrogens is 3. The van der Waals surface area contributed by atoms with Crippen LogP contribution in [0.4, 0.5) is 18.9 Å². The van der Waals surface area contributed by atoms with Crippen molar-refractivity contribution in [2.24, 2.45) is 0 Å². The summed E-state index contributed by atoms with van der Waals surface area (Å²) in [4.78, 5) is 42.2. The van der Waals surface area contributed by atoms with Gasteiger partial charge in [-0.2, -0.15) is 13.2 Å². The molecule has 11 nitrogen and oxygen atoms in total. The molecule has 1 saturated heterocycles. The van der Waals surface area contributed by atoms with Crippen LogP contribution in [-0.2, 0) is 15.7 Å². The number of amides is 1. The number of anilines is 1. The number of carboxylic acids is 1. The summed E-state index contributed by atoms with van der Waals surface area (Å²) in [5.41, 5.74) is -3.13. The van der Waals surface area contributed by atoms with E-state index >= 15 is 0 Å². The molecule has 0 radical (unpaired) electrons. The van der Waals surface area contributed by atoms with E-state index in [1.807, 2.05) is 5.32 Å². The molecule has 0 spiro atoms. The predicted molar refractivity (Wildman–Crippen MR) is 117 cm³/mol. The van der Waals surface area contributed by atoms with Gasteiger partial charge >= 0.3 is 12.1 Å². The molecule has 35 heavy (non-hydrogen) atoms. The number of ether oxygens (including phenoxy) is 1. The molecule has 14 heteroatoms. The van der Waals surface area contributed by atoms with Gasteiger partial charge in [-0.05, 0) is 26.0 Å². The van der Waals surface area contributed by atoms with Gasteiger partial charge in [0, 0.05) is 19.1 Å². The molecule has 4 rings (SSSR count). The number of imidazole rings is 1. The van der Waals surface area contributed by atoms with Gasteiger partial charge in [-0.15, -0.1) is 0 Å². The Labute approximate surface area is 195 Å². The standard InChI is InChI=1S/C21H22F3N5O6/c1-10(2)28-20(34)16(19(33)25-9-15(30)31)17(32)18-26-12-7-11(21(22,23)24)13(8-14(12)29(18)28)27-3-5-35-6-4-27/h7-8,10,32H,3-6,9H2,1-2H3,(H,25,33)(H,30,31). The molecule has 3 heterocycles. The third-order valence-electron chi connectivity index (χ3n) is 5.61. The number of alkyl halides is 3. The van der Waals surface area contributed by atoms with Crippen LogP contribution in [0.2, 0.25) is 0 Å². The van der Waals surface area contributed by atoms with Gasteiger partial charge in [0.1, 0.15) is 6.54 Å². The fourth-order valence-corrected chi connectivity index (χ4v) is 4.10. The zero-order valence-corrected chi connectivity index (χ0v) is 18.7. The Morgan fingerprint density at radius 2 is 1.89 bits per heavy atom. The van der Waals surface area contributed by atoms with Crippen molar-refractivity contribution >= 4 is 34.2 Å². The van der Waals surface area contributed by atoms with Crippen LogP contribution in [0.1, 0.15) is 35.8 Å². The number of hydrogen-bond donors (Lipinski definition) is 3. The molecule has 0 aliphatic carbocycles. The molecular weight excluding hydrogens is 475 g/mol. The first-order chi connectivity index (χ1) is 16.4. The topological polar surface area (TPSA) is 138 Å². The molecule has 1 aliphatic rings. The minimum atomic E-state index is -4.71. The highest BCUT2D eigenvalue weighted by molar-refractivity contribution is 6.00. The van der Waals surface area contributed by atoms with Crippen molar-refractivity contribution in [3.8, 4) is 5.75 Å². The Morgan fingerprint density at radius 1 is 1.23 bits per heavy atom. The maximum Gasteiger partial charge on any atom is 0.418 e. The lowest BCUT2D eigenvalue weighted by molar-refractivity contribution is -0.137. The third kappa shape index (κ3) is 4.24. The lowest BCUT2D eigenvalue weighted by atomic mass is 10.1. The summed E-state index contributed by atoms with van der Waals surface area (Å²) in [5, 5.41) is 21.6. The number of carbonyl (C=O) groups is 2. The van der Waals surface area contributed by atoms with Crippen LogP contribution in [0.15, 0.2) is 16.9 Å². The number of nitrogens with one attached hydrogen (secondary N) is 1. The molecule has 1 aromatic carbocycles. The van der Waals surface area contributed by atoms with Crippen LogP contribution >= 0.6 is 0 Å². The average molecular weight is 497 g/mol. The number of carboxylic acid groups (broad SMARTS) is 1. The second-order valence-corrected chi connectivity index (χ2v) is 8.25. The summed E-state index contributed by atoms with van der Waals surface area (Å²) in [6.07, 6.45) is -4.71. The highest BCUT2D eigenvalue weighted by Gasteiger charge is 2.37. The first-order valence-corrected chi connectivity index (χ1v) is 10.7. The lowest BCUT2D eigenvalue weighted by Gasteiger charge is -2.31. The molecule has 1 amide bonds. The van der Waals surface area contributed by atoms with Crippen LogP contribution in [0.5, 0.6) is 5.75 Å².